The van der Waals surface area contributed by atoms with Crippen LogP contribution in [0.5, 0.6) is 0 Å². The Morgan fingerprint density at radius 3 is 2.55 bits per heavy atom. The molecule has 0 aromatic heterocycles. The Bertz CT molecular complexity index is 289. The Morgan fingerprint density at radius 2 is 2.09 bits per heavy atom. The van der Waals surface area contributed by atoms with Crippen LogP contribution in [-0.2, 0) is 0 Å². The molecule has 0 unspecified atom stereocenters. The minimum absolute atomic E-state index is 0.231. The van der Waals surface area contributed by atoms with Crippen molar-refractivity contribution in [2.75, 3.05) is 0 Å². The van der Waals surface area contributed by atoms with Gasteiger partial charge in [-0.1, -0.05) is 30.9 Å². The number of aromatic carboxylic acids is 1. The summed E-state index contributed by atoms with van der Waals surface area (Å²) in [5.74, 6) is -0.956. The van der Waals surface area contributed by atoms with Crippen LogP contribution in [0.1, 0.15) is 15.9 Å². The topological polar surface area (TPSA) is 37.3 Å². The van der Waals surface area contributed by atoms with Crippen LogP contribution in [0.25, 0.3) is 6.08 Å². The maximum absolute atomic E-state index is 10.5. The van der Waals surface area contributed by atoms with Gasteiger partial charge in [0, 0.05) is 0 Å². The molecule has 0 saturated carbocycles. The number of hydrogen-bond donors (Lipinski definition) is 1. The number of carbonyl (C=O) groups is 1. The van der Waals surface area contributed by atoms with E-state index in [4.69, 9.17) is 11.7 Å². The first kappa shape index (κ1) is 7.54. The first-order valence-corrected chi connectivity index (χ1v) is 3.13. The fraction of sp³-hybridized carbons (Fsp3) is 0. The smallest absolute Gasteiger partial charge is 0.336 e. The van der Waals surface area contributed by atoms with Crippen molar-refractivity contribution in [3.05, 3.63) is 42.0 Å². The van der Waals surface area contributed by atoms with Crippen LogP contribution in [0, 0.1) is 6.58 Å². The van der Waals surface area contributed by atoms with E-state index >= 15 is 0 Å². The zero-order valence-electron chi connectivity index (χ0n) is 5.82. The van der Waals surface area contributed by atoms with Crippen LogP contribution in [0.3, 0.4) is 0 Å². The molecular weight excluding hydrogens is 140 g/mol. The van der Waals surface area contributed by atoms with E-state index in [0.29, 0.717) is 5.56 Å². The fourth-order valence-corrected chi connectivity index (χ4v) is 0.837. The van der Waals surface area contributed by atoms with E-state index < -0.39 is 5.97 Å². The average molecular weight is 147 g/mol. The third kappa shape index (κ3) is 1.46. The Hall–Kier alpha value is -1.57. The number of benzene rings is 1. The lowest BCUT2D eigenvalue weighted by molar-refractivity contribution is 0.0696. The second-order valence-electron chi connectivity index (χ2n) is 2.06. The van der Waals surface area contributed by atoms with E-state index in [9.17, 15) is 4.79 Å². The summed E-state index contributed by atoms with van der Waals surface area (Å²) in [5.41, 5.74) is 0.773. The van der Waals surface area contributed by atoms with Crippen LogP contribution in [0.4, 0.5) is 0 Å². The van der Waals surface area contributed by atoms with Gasteiger partial charge in [-0.05, 0) is 11.6 Å². The SMILES string of the molecule is [CH]=Cc1ccccc1C(=O)O. The zero-order valence-corrected chi connectivity index (χ0v) is 5.82. The Kier molecular flexibility index (Phi) is 2.06. The van der Waals surface area contributed by atoms with Crippen LogP contribution in [-0.4, -0.2) is 11.1 Å². The molecule has 55 valence electrons. The molecule has 0 aliphatic carbocycles. The second-order valence-corrected chi connectivity index (χ2v) is 2.06. The van der Waals surface area contributed by atoms with Gasteiger partial charge in [0.1, 0.15) is 0 Å². The van der Waals surface area contributed by atoms with Crippen molar-refractivity contribution in [2.45, 2.75) is 0 Å². The van der Waals surface area contributed by atoms with Crippen molar-refractivity contribution in [3.8, 4) is 0 Å². The summed E-state index contributed by atoms with van der Waals surface area (Å²) in [6.07, 6.45) is 1.28. The van der Waals surface area contributed by atoms with Crippen molar-refractivity contribution < 1.29 is 9.90 Å². The average Bonchev–Trinajstić information content (AvgIpc) is 2.04. The van der Waals surface area contributed by atoms with Crippen molar-refractivity contribution >= 4 is 12.0 Å². The molecule has 0 saturated heterocycles. The lowest BCUT2D eigenvalue weighted by Crippen LogP contribution is -1.98. The minimum atomic E-state index is -0.956. The highest BCUT2D eigenvalue weighted by atomic mass is 16.4. The van der Waals surface area contributed by atoms with Gasteiger partial charge in [-0.2, -0.15) is 0 Å². The fourth-order valence-electron chi connectivity index (χ4n) is 0.837. The summed E-state index contributed by atoms with van der Waals surface area (Å²) in [6.45, 7) is 5.20. The van der Waals surface area contributed by atoms with Gasteiger partial charge in [-0.15, -0.1) is 0 Å². The molecule has 0 aliphatic heterocycles. The molecule has 0 aliphatic rings. The van der Waals surface area contributed by atoms with E-state index in [0.717, 1.165) is 0 Å². The van der Waals surface area contributed by atoms with E-state index in [1.807, 2.05) is 0 Å². The Labute approximate surface area is 64.8 Å². The summed E-state index contributed by atoms with van der Waals surface area (Å²) < 4.78 is 0. The molecule has 0 bridgehead atoms. The van der Waals surface area contributed by atoms with Gasteiger partial charge in [0.05, 0.1) is 5.56 Å². The molecule has 0 spiro atoms. The van der Waals surface area contributed by atoms with Crippen molar-refractivity contribution in [2.24, 2.45) is 0 Å². The summed E-state index contributed by atoms with van der Waals surface area (Å²) in [5, 5.41) is 8.62. The number of carboxylic acids is 1. The maximum Gasteiger partial charge on any atom is 0.336 e. The third-order valence-corrected chi connectivity index (χ3v) is 1.37. The molecule has 0 amide bonds. The monoisotopic (exact) mass is 147 g/mol. The summed E-state index contributed by atoms with van der Waals surface area (Å²) in [6, 6.07) is 6.58. The molecule has 1 radical (unpaired) electrons. The molecule has 1 rings (SSSR count). The van der Waals surface area contributed by atoms with E-state index in [1.165, 1.54) is 12.1 Å². The highest BCUT2D eigenvalue weighted by molar-refractivity contribution is 5.91. The predicted molar refractivity (Wildman–Crippen MR) is 42.2 cm³/mol. The summed E-state index contributed by atoms with van der Waals surface area (Å²) in [7, 11) is 0. The molecule has 2 nitrogen and oxygen atoms in total. The van der Waals surface area contributed by atoms with Gasteiger partial charge in [0.15, 0.2) is 0 Å². The van der Waals surface area contributed by atoms with Crippen molar-refractivity contribution in [3.63, 3.8) is 0 Å². The lowest BCUT2D eigenvalue weighted by Gasteiger charge is -1.97. The second kappa shape index (κ2) is 3.01. The van der Waals surface area contributed by atoms with Crippen LogP contribution in [0.2, 0.25) is 0 Å². The molecule has 1 aromatic carbocycles. The van der Waals surface area contributed by atoms with Gasteiger partial charge in [0.25, 0.3) is 0 Å². The number of carboxylic acid groups (broad SMARTS) is 1. The Balaban J connectivity index is 3.22. The number of hydrogen-bond acceptors (Lipinski definition) is 1. The molecule has 0 fully saturated rings. The third-order valence-electron chi connectivity index (χ3n) is 1.37. The molecule has 0 atom stereocenters. The highest BCUT2D eigenvalue weighted by Gasteiger charge is 2.04. The first-order valence-electron chi connectivity index (χ1n) is 3.13. The molecule has 0 heterocycles. The molecule has 1 N–H and O–H groups in total. The van der Waals surface area contributed by atoms with Gasteiger partial charge in [-0.3, -0.25) is 0 Å². The van der Waals surface area contributed by atoms with Crippen LogP contribution >= 0.6 is 0 Å². The molecule has 11 heavy (non-hydrogen) atoms. The van der Waals surface area contributed by atoms with Crippen LogP contribution in [0.15, 0.2) is 24.3 Å². The normalized spacial score (nSPS) is 9.09. The predicted octanol–water partition coefficient (Wildman–Crippen LogP) is 1.83. The zero-order chi connectivity index (χ0) is 8.27. The Morgan fingerprint density at radius 1 is 1.45 bits per heavy atom. The van der Waals surface area contributed by atoms with Gasteiger partial charge >= 0.3 is 5.97 Å². The number of rotatable bonds is 2. The van der Waals surface area contributed by atoms with Gasteiger partial charge < -0.3 is 5.11 Å². The van der Waals surface area contributed by atoms with Gasteiger partial charge in [0.2, 0.25) is 0 Å². The standard InChI is InChI=1S/C9H7O2/c1-2-7-5-3-4-6-8(7)9(10)11/h1-6H,(H,10,11). The van der Waals surface area contributed by atoms with Crippen molar-refractivity contribution in [1.82, 2.24) is 0 Å². The molecular formula is C9H7O2. The molecule has 2 heteroatoms. The summed E-state index contributed by atoms with van der Waals surface area (Å²) >= 11 is 0. The van der Waals surface area contributed by atoms with Crippen molar-refractivity contribution in [1.29, 1.82) is 0 Å². The first-order chi connectivity index (χ1) is 5.25. The van der Waals surface area contributed by atoms with Crippen LogP contribution < -0.4 is 0 Å². The quantitative estimate of drug-likeness (QED) is 0.692. The largest absolute Gasteiger partial charge is 0.478 e. The van der Waals surface area contributed by atoms with Gasteiger partial charge in [-0.25, -0.2) is 4.79 Å². The lowest BCUT2D eigenvalue weighted by atomic mass is 10.1. The minimum Gasteiger partial charge on any atom is -0.478 e. The highest BCUT2D eigenvalue weighted by Crippen LogP contribution is 2.08. The maximum atomic E-state index is 10.5. The van der Waals surface area contributed by atoms with E-state index in [-0.39, 0.29) is 5.56 Å². The van der Waals surface area contributed by atoms with E-state index in [1.54, 1.807) is 18.2 Å². The van der Waals surface area contributed by atoms with E-state index in [2.05, 4.69) is 0 Å². The molecule has 1 aromatic rings. The summed E-state index contributed by atoms with van der Waals surface area (Å²) in [4.78, 5) is 10.5.